The van der Waals surface area contributed by atoms with Gasteiger partial charge in [0.05, 0.1) is 10.9 Å². The number of para-hydroxylation sites is 1. The van der Waals surface area contributed by atoms with Gasteiger partial charge >= 0.3 is 0 Å². The van der Waals surface area contributed by atoms with E-state index in [4.69, 9.17) is 12.2 Å². The quantitative estimate of drug-likeness (QED) is 0.456. The number of nitrogens with one attached hydrogen (secondary N) is 4. The molecule has 4 N–H and O–H groups in total. The van der Waals surface area contributed by atoms with E-state index in [9.17, 15) is 9.59 Å². The zero-order chi connectivity index (χ0) is 19.4. The number of carbonyl (C=O) groups excluding carboxylic acids is 2. The van der Waals surface area contributed by atoms with Gasteiger partial charge in [-0.15, -0.1) is 11.8 Å². The topological polar surface area (TPSA) is 82.3 Å². The number of hydrazine groups is 1. The molecule has 1 aromatic carbocycles. The van der Waals surface area contributed by atoms with Crippen LogP contribution in [0.2, 0.25) is 0 Å². The molecule has 1 aromatic rings. The highest BCUT2D eigenvalue weighted by Crippen LogP contribution is 2.36. The second-order valence-corrected chi connectivity index (χ2v) is 8.97. The first-order chi connectivity index (χ1) is 12.9. The van der Waals surface area contributed by atoms with Crippen LogP contribution in [0.1, 0.15) is 39.5 Å². The van der Waals surface area contributed by atoms with Crippen molar-refractivity contribution in [2.24, 2.45) is 11.8 Å². The van der Waals surface area contributed by atoms with Gasteiger partial charge in [0.1, 0.15) is 0 Å². The molecule has 1 aliphatic carbocycles. The lowest BCUT2D eigenvalue weighted by molar-refractivity contribution is -0.124. The summed E-state index contributed by atoms with van der Waals surface area (Å²) in [5, 5.41) is 6.11. The van der Waals surface area contributed by atoms with Gasteiger partial charge in [-0.1, -0.05) is 38.8 Å². The minimum atomic E-state index is -0.456. The minimum Gasteiger partial charge on any atom is -0.358 e. The van der Waals surface area contributed by atoms with E-state index in [0.717, 1.165) is 17.0 Å². The number of fused-ring (bicyclic) bond motifs is 1. The molecule has 8 heteroatoms. The zero-order valence-electron chi connectivity index (χ0n) is 15.6. The Balaban J connectivity index is 1.44. The van der Waals surface area contributed by atoms with Crippen LogP contribution in [0.5, 0.6) is 0 Å². The van der Waals surface area contributed by atoms with Crippen molar-refractivity contribution in [2.45, 2.75) is 55.7 Å². The predicted octanol–water partition coefficient (Wildman–Crippen LogP) is 2.81. The van der Waals surface area contributed by atoms with E-state index in [1.165, 1.54) is 24.6 Å². The lowest BCUT2D eigenvalue weighted by atomic mass is 9.78. The van der Waals surface area contributed by atoms with Gasteiger partial charge in [0, 0.05) is 17.4 Å². The first-order valence-corrected chi connectivity index (χ1v) is 10.6. The predicted molar refractivity (Wildman–Crippen MR) is 112 cm³/mol. The molecule has 1 aliphatic heterocycles. The van der Waals surface area contributed by atoms with E-state index < -0.39 is 5.25 Å². The molecule has 0 aromatic heterocycles. The van der Waals surface area contributed by atoms with Crippen LogP contribution in [0.25, 0.3) is 0 Å². The smallest absolute Gasteiger partial charge is 0.240 e. The molecule has 1 heterocycles. The van der Waals surface area contributed by atoms with Crippen molar-refractivity contribution in [3.05, 3.63) is 24.3 Å². The summed E-state index contributed by atoms with van der Waals surface area (Å²) >= 11 is 6.71. The van der Waals surface area contributed by atoms with Crippen molar-refractivity contribution in [1.82, 2.24) is 16.2 Å². The van der Waals surface area contributed by atoms with Gasteiger partial charge in [-0.05, 0) is 42.6 Å². The molecule has 0 spiro atoms. The maximum Gasteiger partial charge on any atom is 0.240 e. The molecule has 0 bridgehead atoms. The van der Waals surface area contributed by atoms with Crippen molar-refractivity contribution in [1.29, 1.82) is 0 Å². The van der Waals surface area contributed by atoms with Crippen molar-refractivity contribution in [3.8, 4) is 0 Å². The highest BCUT2D eigenvalue weighted by Gasteiger charge is 2.29. The highest BCUT2D eigenvalue weighted by atomic mass is 32.2. The molecular formula is C19H26N4O2S2. The Morgan fingerprint density at radius 3 is 2.85 bits per heavy atom. The molecule has 2 amide bonds. The minimum absolute atomic E-state index is 0.0807. The summed E-state index contributed by atoms with van der Waals surface area (Å²) in [4.78, 5) is 25.4. The van der Waals surface area contributed by atoms with Crippen LogP contribution in [-0.4, -0.2) is 28.2 Å². The lowest BCUT2D eigenvalue weighted by Gasteiger charge is -2.35. The standard InChI is InChI=1S/C19H26N4O2S2/c1-11-6-5-8-13(12(11)2)21-19(26)23-22-17(24)10-16-18(25)20-14-7-3-4-9-15(14)27-16/h3-4,7,9,11-13,16H,5-6,8,10H2,1-2H3,(H,20,25)(H,22,24)(H2,21,23,26)/t11-,12+,13+,16+/m0/s1. The Morgan fingerprint density at radius 1 is 1.26 bits per heavy atom. The van der Waals surface area contributed by atoms with Gasteiger partial charge in [0.2, 0.25) is 11.8 Å². The molecule has 0 saturated heterocycles. The third kappa shape index (κ3) is 5.13. The third-order valence-corrected chi connectivity index (χ3v) is 6.91. The Kier molecular flexibility index (Phi) is 6.59. The fraction of sp³-hybridized carbons (Fsp3) is 0.526. The summed E-state index contributed by atoms with van der Waals surface area (Å²) < 4.78 is 0. The fourth-order valence-corrected chi connectivity index (χ4v) is 4.88. The van der Waals surface area contributed by atoms with E-state index in [1.54, 1.807) is 0 Å². The number of amides is 2. The Hall–Kier alpha value is -1.80. The summed E-state index contributed by atoms with van der Waals surface area (Å²) in [5.41, 5.74) is 6.17. The van der Waals surface area contributed by atoms with E-state index in [2.05, 4.69) is 35.3 Å². The van der Waals surface area contributed by atoms with Crippen molar-refractivity contribution < 1.29 is 9.59 Å². The molecule has 6 nitrogen and oxygen atoms in total. The molecule has 146 valence electrons. The normalized spacial score (nSPS) is 27.1. The SMILES string of the molecule is C[C@@H]1[C@@H](C)CCC[C@H]1NC(=S)NNC(=O)C[C@H]1Sc2ccccc2NC1=O. The van der Waals surface area contributed by atoms with Gasteiger partial charge in [-0.2, -0.15) is 0 Å². The molecule has 0 unspecified atom stereocenters. The van der Waals surface area contributed by atoms with Crippen molar-refractivity contribution >= 4 is 46.6 Å². The summed E-state index contributed by atoms with van der Waals surface area (Å²) in [7, 11) is 0. The highest BCUT2D eigenvalue weighted by molar-refractivity contribution is 8.01. The molecule has 3 rings (SSSR count). The molecule has 4 atom stereocenters. The Labute approximate surface area is 169 Å². The van der Waals surface area contributed by atoms with Crippen LogP contribution >= 0.6 is 24.0 Å². The molecule has 1 saturated carbocycles. The van der Waals surface area contributed by atoms with E-state index in [1.807, 2.05) is 24.3 Å². The number of thioether (sulfide) groups is 1. The Bertz CT molecular complexity index is 727. The van der Waals surface area contributed by atoms with Crippen molar-refractivity contribution in [3.63, 3.8) is 0 Å². The van der Waals surface area contributed by atoms with Gasteiger partial charge in [-0.3, -0.25) is 20.4 Å². The van der Waals surface area contributed by atoms with Gasteiger partial charge in [-0.25, -0.2) is 0 Å². The molecule has 2 aliphatic rings. The van der Waals surface area contributed by atoms with Crippen LogP contribution in [0.3, 0.4) is 0 Å². The monoisotopic (exact) mass is 406 g/mol. The molecule has 1 fully saturated rings. The average Bonchev–Trinajstić information content (AvgIpc) is 2.64. The maximum absolute atomic E-state index is 12.2. The third-order valence-electron chi connectivity index (χ3n) is 5.42. The zero-order valence-corrected chi connectivity index (χ0v) is 17.2. The summed E-state index contributed by atoms with van der Waals surface area (Å²) in [6.07, 6.45) is 3.60. The first-order valence-electron chi connectivity index (χ1n) is 9.36. The molecular weight excluding hydrogens is 380 g/mol. The second kappa shape index (κ2) is 8.93. The second-order valence-electron chi connectivity index (χ2n) is 7.32. The number of carbonyl (C=O) groups is 2. The number of hydrogen-bond acceptors (Lipinski definition) is 4. The maximum atomic E-state index is 12.2. The van der Waals surface area contributed by atoms with Gasteiger partial charge in [0.25, 0.3) is 0 Å². The first kappa shape index (κ1) is 19.9. The van der Waals surface area contributed by atoms with Crippen LogP contribution in [-0.2, 0) is 9.59 Å². The fourth-order valence-electron chi connectivity index (χ4n) is 3.56. The average molecular weight is 407 g/mol. The van der Waals surface area contributed by atoms with Crippen LogP contribution in [0, 0.1) is 11.8 Å². The molecule has 27 heavy (non-hydrogen) atoms. The van der Waals surface area contributed by atoms with Crippen LogP contribution in [0.15, 0.2) is 29.2 Å². The summed E-state index contributed by atoms with van der Waals surface area (Å²) in [5.74, 6) is 0.783. The van der Waals surface area contributed by atoms with Crippen molar-refractivity contribution in [2.75, 3.05) is 5.32 Å². The van der Waals surface area contributed by atoms with Gasteiger partial charge < -0.3 is 10.6 Å². The van der Waals surface area contributed by atoms with Crippen LogP contribution in [0.4, 0.5) is 5.69 Å². The largest absolute Gasteiger partial charge is 0.358 e. The number of hydrogen-bond donors (Lipinski definition) is 4. The lowest BCUT2D eigenvalue weighted by Crippen LogP contribution is -2.53. The number of thiocarbonyl (C=S) groups is 1. The number of rotatable bonds is 3. The summed E-state index contributed by atoms with van der Waals surface area (Å²) in [6, 6.07) is 7.91. The van der Waals surface area contributed by atoms with Crippen LogP contribution < -0.4 is 21.5 Å². The van der Waals surface area contributed by atoms with E-state index >= 15 is 0 Å². The van der Waals surface area contributed by atoms with E-state index in [-0.39, 0.29) is 18.2 Å². The Morgan fingerprint density at radius 2 is 2.04 bits per heavy atom. The van der Waals surface area contributed by atoms with E-state index in [0.29, 0.717) is 23.0 Å². The number of anilines is 1. The van der Waals surface area contributed by atoms with Gasteiger partial charge in [0.15, 0.2) is 5.11 Å². The summed E-state index contributed by atoms with van der Waals surface area (Å²) in [6.45, 7) is 4.50. The number of benzene rings is 1. The molecule has 0 radical (unpaired) electrons.